The van der Waals surface area contributed by atoms with Crippen LogP contribution in [0.25, 0.3) is 68.8 Å². The maximum atomic E-state index is 4.74. The van der Waals surface area contributed by atoms with E-state index in [0.717, 1.165) is 11.1 Å². The minimum Gasteiger partial charge on any atom is -0.253 e. The van der Waals surface area contributed by atoms with Crippen molar-refractivity contribution in [2.24, 2.45) is 0 Å². The molecule has 6 aromatic heterocycles. The summed E-state index contributed by atoms with van der Waals surface area (Å²) in [6, 6.07) is 30.2. The summed E-state index contributed by atoms with van der Waals surface area (Å²) in [5.41, 5.74) is 4.15. The van der Waals surface area contributed by atoms with Gasteiger partial charge in [0.15, 0.2) is 34.9 Å². The average Bonchev–Trinajstić information content (AvgIpc) is 3.09. The minimum absolute atomic E-state index is 0.461. The van der Waals surface area contributed by atoms with Gasteiger partial charge in [-0.3, -0.25) is 19.9 Å². The zero-order valence-corrected chi connectivity index (χ0v) is 22.0. The van der Waals surface area contributed by atoms with Crippen molar-refractivity contribution in [3.63, 3.8) is 0 Å². The summed E-state index contributed by atoms with van der Waals surface area (Å²) in [5.74, 6) is 2.84. The van der Waals surface area contributed by atoms with Crippen molar-refractivity contribution in [1.29, 1.82) is 0 Å². The van der Waals surface area contributed by atoms with Gasteiger partial charge in [0.05, 0.1) is 0 Å². The van der Waals surface area contributed by atoms with Gasteiger partial charge in [-0.25, -0.2) is 29.9 Å². The standard InChI is InChI=1S/C32H20N10/c1-5-17-33-23(9-1)29-37-27(38-30(41-29)24-10-2-6-18-34-24)21-13-15-22(16-14-21)28-39-31(25-11-3-7-19-35-25)42-32(40-28)26-12-4-8-20-36-26/h1-20H. The van der Waals surface area contributed by atoms with E-state index in [1.54, 1.807) is 24.8 Å². The summed E-state index contributed by atoms with van der Waals surface area (Å²) in [7, 11) is 0. The van der Waals surface area contributed by atoms with E-state index in [2.05, 4.69) is 29.9 Å². The Morgan fingerprint density at radius 3 is 0.762 bits per heavy atom. The van der Waals surface area contributed by atoms with Crippen molar-refractivity contribution in [1.82, 2.24) is 49.8 Å². The van der Waals surface area contributed by atoms with Crippen LogP contribution >= 0.6 is 0 Å². The number of pyridine rings is 4. The monoisotopic (exact) mass is 544 g/mol. The summed E-state index contributed by atoms with van der Waals surface area (Å²) in [6.45, 7) is 0. The predicted octanol–water partition coefficient (Wildman–Crippen LogP) is 5.64. The second kappa shape index (κ2) is 11.1. The van der Waals surface area contributed by atoms with Gasteiger partial charge >= 0.3 is 0 Å². The Balaban J connectivity index is 1.31. The van der Waals surface area contributed by atoms with Gasteiger partial charge in [0, 0.05) is 35.9 Å². The zero-order valence-electron chi connectivity index (χ0n) is 22.0. The third-order valence-corrected chi connectivity index (χ3v) is 6.25. The van der Waals surface area contributed by atoms with Crippen LogP contribution in [-0.2, 0) is 0 Å². The Morgan fingerprint density at radius 1 is 0.262 bits per heavy atom. The molecule has 0 aliphatic carbocycles. The molecule has 10 heteroatoms. The first-order valence-corrected chi connectivity index (χ1v) is 13.1. The molecule has 7 rings (SSSR count). The molecule has 0 bridgehead atoms. The van der Waals surface area contributed by atoms with Crippen LogP contribution in [0.2, 0.25) is 0 Å². The second-order valence-corrected chi connectivity index (χ2v) is 9.05. The van der Waals surface area contributed by atoms with Gasteiger partial charge in [-0.2, -0.15) is 0 Å². The molecular weight excluding hydrogens is 524 g/mol. The van der Waals surface area contributed by atoms with Gasteiger partial charge in [0.25, 0.3) is 0 Å². The molecule has 0 amide bonds. The molecule has 0 N–H and O–H groups in total. The summed E-state index contributed by atoms with van der Waals surface area (Å²) >= 11 is 0. The normalized spacial score (nSPS) is 10.9. The number of rotatable bonds is 6. The smallest absolute Gasteiger partial charge is 0.182 e. The number of hydrogen-bond acceptors (Lipinski definition) is 10. The van der Waals surface area contributed by atoms with E-state index < -0.39 is 0 Å². The van der Waals surface area contributed by atoms with Gasteiger partial charge in [-0.1, -0.05) is 48.5 Å². The molecule has 7 aromatic rings. The molecule has 0 atom stereocenters. The van der Waals surface area contributed by atoms with E-state index >= 15 is 0 Å². The third-order valence-electron chi connectivity index (χ3n) is 6.25. The summed E-state index contributed by atoms with van der Waals surface area (Å²) < 4.78 is 0. The van der Waals surface area contributed by atoms with Gasteiger partial charge in [0.2, 0.25) is 0 Å². The molecule has 10 nitrogen and oxygen atoms in total. The lowest BCUT2D eigenvalue weighted by Gasteiger charge is -2.09. The van der Waals surface area contributed by atoms with E-state index in [0.29, 0.717) is 57.7 Å². The van der Waals surface area contributed by atoms with Crippen LogP contribution in [0.1, 0.15) is 0 Å². The van der Waals surface area contributed by atoms with Crippen molar-refractivity contribution in [3.8, 4) is 68.8 Å². The van der Waals surface area contributed by atoms with Gasteiger partial charge in [0.1, 0.15) is 22.8 Å². The van der Waals surface area contributed by atoms with Crippen LogP contribution in [0.4, 0.5) is 0 Å². The molecule has 42 heavy (non-hydrogen) atoms. The van der Waals surface area contributed by atoms with Crippen LogP contribution < -0.4 is 0 Å². The highest BCUT2D eigenvalue weighted by molar-refractivity contribution is 5.68. The Morgan fingerprint density at radius 2 is 0.524 bits per heavy atom. The van der Waals surface area contributed by atoms with E-state index in [1.165, 1.54) is 0 Å². The lowest BCUT2D eigenvalue weighted by Crippen LogP contribution is -2.02. The zero-order chi connectivity index (χ0) is 28.1. The Labute approximate surface area is 240 Å². The number of nitrogens with zero attached hydrogens (tertiary/aromatic N) is 10. The Bertz CT molecular complexity index is 1690. The number of aromatic nitrogens is 10. The quantitative estimate of drug-likeness (QED) is 0.259. The second-order valence-electron chi connectivity index (χ2n) is 9.05. The first kappa shape index (κ1) is 24.9. The Hall–Kier alpha value is -6.16. The number of benzene rings is 1. The summed E-state index contributed by atoms with van der Waals surface area (Å²) in [4.78, 5) is 46.0. The molecule has 0 saturated heterocycles. The lowest BCUT2D eigenvalue weighted by atomic mass is 10.1. The van der Waals surface area contributed by atoms with Crippen molar-refractivity contribution in [2.45, 2.75) is 0 Å². The van der Waals surface area contributed by atoms with Crippen molar-refractivity contribution in [3.05, 3.63) is 122 Å². The maximum Gasteiger partial charge on any atom is 0.182 e. The molecule has 0 aliphatic heterocycles. The fraction of sp³-hybridized carbons (Fsp3) is 0. The summed E-state index contributed by atoms with van der Waals surface area (Å²) in [5, 5.41) is 0. The fourth-order valence-electron chi connectivity index (χ4n) is 4.22. The fourth-order valence-corrected chi connectivity index (χ4v) is 4.22. The SMILES string of the molecule is c1ccc(-c2nc(-c3ccc(-c4nc(-c5ccccn5)nc(-c5ccccn5)n4)cc3)nc(-c3ccccn3)n2)nc1. The van der Waals surface area contributed by atoms with Crippen molar-refractivity contribution in [2.75, 3.05) is 0 Å². The first-order chi connectivity index (χ1) is 20.8. The highest BCUT2D eigenvalue weighted by Gasteiger charge is 2.16. The van der Waals surface area contributed by atoms with Crippen LogP contribution in [0, 0.1) is 0 Å². The highest BCUT2D eigenvalue weighted by atomic mass is 15.1. The molecular formula is C32H20N10. The summed E-state index contributed by atoms with van der Waals surface area (Å²) in [6.07, 6.45) is 6.84. The van der Waals surface area contributed by atoms with E-state index in [9.17, 15) is 0 Å². The molecule has 198 valence electrons. The van der Waals surface area contributed by atoms with Crippen LogP contribution in [0.15, 0.2) is 122 Å². The van der Waals surface area contributed by atoms with E-state index in [-0.39, 0.29) is 0 Å². The number of hydrogen-bond donors (Lipinski definition) is 0. The average molecular weight is 545 g/mol. The molecule has 0 spiro atoms. The van der Waals surface area contributed by atoms with Crippen LogP contribution in [0.3, 0.4) is 0 Å². The van der Waals surface area contributed by atoms with Gasteiger partial charge < -0.3 is 0 Å². The molecule has 0 radical (unpaired) electrons. The van der Waals surface area contributed by atoms with Crippen LogP contribution in [-0.4, -0.2) is 49.8 Å². The Kier molecular flexibility index (Phi) is 6.59. The van der Waals surface area contributed by atoms with Crippen LogP contribution in [0.5, 0.6) is 0 Å². The molecule has 0 fully saturated rings. The molecule has 6 heterocycles. The molecule has 0 saturated carbocycles. The van der Waals surface area contributed by atoms with E-state index in [4.69, 9.17) is 19.9 Å². The third kappa shape index (κ3) is 5.19. The van der Waals surface area contributed by atoms with E-state index in [1.807, 2.05) is 97.1 Å². The van der Waals surface area contributed by atoms with Crippen molar-refractivity contribution >= 4 is 0 Å². The largest absolute Gasteiger partial charge is 0.253 e. The molecule has 0 unspecified atom stereocenters. The van der Waals surface area contributed by atoms with Gasteiger partial charge in [-0.15, -0.1) is 0 Å². The maximum absolute atomic E-state index is 4.74. The first-order valence-electron chi connectivity index (χ1n) is 13.1. The topological polar surface area (TPSA) is 129 Å². The predicted molar refractivity (Wildman–Crippen MR) is 157 cm³/mol. The molecule has 0 aliphatic rings. The minimum atomic E-state index is 0.461. The highest BCUT2D eigenvalue weighted by Crippen LogP contribution is 2.27. The lowest BCUT2D eigenvalue weighted by molar-refractivity contribution is 1.04. The van der Waals surface area contributed by atoms with Crippen molar-refractivity contribution < 1.29 is 0 Å². The van der Waals surface area contributed by atoms with Gasteiger partial charge in [-0.05, 0) is 48.5 Å². The molecule has 1 aromatic carbocycles.